The van der Waals surface area contributed by atoms with Gasteiger partial charge in [-0.3, -0.25) is 4.79 Å². The number of hydrogen-bond donors (Lipinski definition) is 0. The zero-order valence-corrected chi connectivity index (χ0v) is 13.0. The number of ketones is 1. The topological polar surface area (TPSA) is 17.1 Å². The van der Waals surface area contributed by atoms with Gasteiger partial charge in [-0.25, -0.2) is 0 Å². The third kappa shape index (κ3) is 2.29. The van der Waals surface area contributed by atoms with Crippen molar-refractivity contribution in [2.45, 2.75) is 51.0 Å². The molecule has 98 valence electrons. The highest BCUT2D eigenvalue weighted by atomic mass is 127. The van der Waals surface area contributed by atoms with E-state index in [0.29, 0.717) is 23.7 Å². The van der Waals surface area contributed by atoms with Crippen LogP contribution in [-0.4, -0.2) is 36.4 Å². The first-order valence-corrected chi connectivity index (χ1v) is 7.09. The van der Waals surface area contributed by atoms with E-state index in [1.807, 2.05) is 0 Å². The van der Waals surface area contributed by atoms with Crippen LogP contribution in [0.5, 0.6) is 0 Å². The van der Waals surface area contributed by atoms with E-state index >= 15 is 0 Å². The number of likely N-dealkylation sites (tertiary alicyclic amines) is 1. The monoisotopic (exact) mass is 349 g/mol. The zero-order valence-electron chi connectivity index (χ0n) is 10.8. The number of nitrogens with zero attached hydrogens (tertiary/aromatic N) is 1. The molecule has 1 aliphatic heterocycles. The Morgan fingerprint density at radius 3 is 2.41 bits per heavy atom. The van der Waals surface area contributed by atoms with Crippen molar-refractivity contribution < 1.29 is 33.3 Å². The second kappa shape index (κ2) is 5.16. The number of halogens is 1. The molecule has 0 aromatic rings. The van der Waals surface area contributed by atoms with Crippen LogP contribution >= 0.6 is 0 Å². The summed E-state index contributed by atoms with van der Waals surface area (Å²) in [6.07, 6.45) is 8.93. The Balaban J connectivity index is 0.00000108. The van der Waals surface area contributed by atoms with E-state index in [0.717, 1.165) is 0 Å². The summed E-state index contributed by atoms with van der Waals surface area (Å²) in [6.45, 7) is 2.64. The maximum Gasteiger partial charge on any atom is 0.144 e. The number of rotatable bonds is 1. The van der Waals surface area contributed by atoms with Gasteiger partial charge >= 0.3 is 0 Å². The van der Waals surface area contributed by atoms with Gasteiger partial charge in [0.05, 0.1) is 32.1 Å². The molecule has 0 N–H and O–H groups in total. The highest BCUT2D eigenvalue weighted by molar-refractivity contribution is 5.85. The first-order valence-electron chi connectivity index (χ1n) is 7.09. The number of fused-ring (bicyclic) bond motifs is 2. The SMILES string of the molecule is C[N+]1(C2CCC3CCCC2C3=O)CCCC1.[I-]. The molecule has 2 saturated carbocycles. The Morgan fingerprint density at radius 1 is 1.00 bits per heavy atom. The summed E-state index contributed by atoms with van der Waals surface area (Å²) in [5, 5.41) is 0. The van der Waals surface area contributed by atoms with Crippen molar-refractivity contribution in [3.63, 3.8) is 0 Å². The van der Waals surface area contributed by atoms with E-state index in [4.69, 9.17) is 0 Å². The second-order valence-corrected chi connectivity index (χ2v) is 6.42. The van der Waals surface area contributed by atoms with Gasteiger partial charge in [0.2, 0.25) is 0 Å². The van der Waals surface area contributed by atoms with Crippen LogP contribution in [-0.2, 0) is 4.79 Å². The molecule has 17 heavy (non-hydrogen) atoms. The molecule has 1 heterocycles. The van der Waals surface area contributed by atoms with Gasteiger partial charge in [0.1, 0.15) is 5.78 Å². The molecule has 3 aliphatic rings. The van der Waals surface area contributed by atoms with Gasteiger partial charge in [0.15, 0.2) is 0 Å². The van der Waals surface area contributed by atoms with E-state index in [-0.39, 0.29) is 24.0 Å². The summed E-state index contributed by atoms with van der Waals surface area (Å²) >= 11 is 0. The van der Waals surface area contributed by atoms with Crippen LogP contribution in [0.25, 0.3) is 0 Å². The molecule has 3 rings (SSSR count). The molecular weight excluding hydrogens is 325 g/mol. The largest absolute Gasteiger partial charge is 1.00 e. The molecule has 0 spiro atoms. The Labute approximate surface area is 122 Å². The molecule has 0 amide bonds. The quantitative estimate of drug-likeness (QED) is 0.456. The summed E-state index contributed by atoms with van der Waals surface area (Å²) in [5.41, 5.74) is 0. The first-order chi connectivity index (χ1) is 7.71. The molecule has 0 aromatic carbocycles. The van der Waals surface area contributed by atoms with Crippen LogP contribution < -0.4 is 24.0 Å². The van der Waals surface area contributed by atoms with E-state index in [1.165, 1.54) is 62.5 Å². The fourth-order valence-corrected chi connectivity index (χ4v) is 4.55. The fourth-order valence-electron chi connectivity index (χ4n) is 4.55. The van der Waals surface area contributed by atoms with Gasteiger partial charge in [-0.15, -0.1) is 0 Å². The van der Waals surface area contributed by atoms with Crippen LogP contribution in [0.1, 0.15) is 44.9 Å². The fraction of sp³-hybridized carbons (Fsp3) is 0.929. The Kier molecular flexibility index (Phi) is 4.18. The lowest BCUT2D eigenvalue weighted by atomic mass is 9.68. The summed E-state index contributed by atoms with van der Waals surface area (Å²) in [7, 11) is 2.40. The minimum Gasteiger partial charge on any atom is -1.00 e. The third-order valence-electron chi connectivity index (χ3n) is 5.50. The molecular formula is C14H24INO. The molecule has 0 aromatic heterocycles. The predicted octanol–water partition coefficient (Wildman–Crippen LogP) is -0.621. The van der Waals surface area contributed by atoms with Crippen LogP contribution in [0.15, 0.2) is 0 Å². The molecule has 2 aliphatic carbocycles. The summed E-state index contributed by atoms with van der Waals surface area (Å²) in [5.74, 6) is 1.51. The van der Waals surface area contributed by atoms with Crippen molar-refractivity contribution in [1.29, 1.82) is 0 Å². The third-order valence-corrected chi connectivity index (χ3v) is 5.50. The molecule has 3 unspecified atom stereocenters. The van der Waals surface area contributed by atoms with Crippen LogP contribution in [0, 0.1) is 11.8 Å². The molecule has 1 saturated heterocycles. The van der Waals surface area contributed by atoms with Gasteiger partial charge in [0.25, 0.3) is 0 Å². The lowest BCUT2D eigenvalue weighted by Crippen LogP contribution is -3.00. The normalized spacial score (nSPS) is 39.8. The zero-order chi connectivity index (χ0) is 11.2. The van der Waals surface area contributed by atoms with Crippen molar-refractivity contribution in [2.75, 3.05) is 20.1 Å². The van der Waals surface area contributed by atoms with E-state index < -0.39 is 0 Å². The van der Waals surface area contributed by atoms with Crippen molar-refractivity contribution >= 4 is 5.78 Å². The van der Waals surface area contributed by atoms with Gasteiger partial charge in [0, 0.05) is 25.2 Å². The number of hydrogen-bond acceptors (Lipinski definition) is 1. The maximum atomic E-state index is 12.3. The van der Waals surface area contributed by atoms with Crippen molar-refractivity contribution in [3.05, 3.63) is 0 Å². The summed E-state index contributed by atoms with van der Waals surface area (Å²) < 4.78 is 1.21. The number of Topliss-reactive ketones (excluding diaryl/α,β-unsaturated/α-hetero) is 1. The second-order valence-electron chi connectivity index (χ2n) is 6.42. The van der Waals surface area contributed by atoms with Gasteiger partial charge < -0.3 is 28.5 Å². The average Bonchev–Trinajstić information content (AvgIpc) is 2.65. The Bertz CT molecular complexity index is 299. The van der Waals surface area contributed by atoms with Crippen molar-refractivity contribution in [1.82, 2.24) is 0 Å². The Hall–Kier alpha value is 0.360. The summed E-state index contributed by atoms with van der Waals surface area (Å²) in [4.78, 5) is 12.3. The number of quaternary nitrogens is 1. The average molecular weight is 349 g/mol. The van der Waals surface area contributed by atoms with Crippen LogP contribution in [0.4, 0.5) is 0 Å². The van der Waals surface area contributed by atoms with Crippen LogP contribution in [0.3, 0.4) is 0 Å². The number of carbonyl (C=O) groups is 1. The van der Waals surface area contributed by atoms with Gasteiger partial charge in [-0.05, 0) is 19.3 Å². The number of carbonyl (C=O) groups excluding carboxylic acids is 1. The molecule has 3 heteroatoms. The maximum absolute atomic E-state index is 12.3. The lowest BCUT2D eigenvalue weighted by Gasteiger charge is -2.47. The molecule has 0 radical (unpaired) electrons. The van der Waals surface area contributed by atoms with Crippen LogP contribution in [0.2, 0.25) is 0 Å². The van der Waals surface area contributed by atoms with E-state index in [9.17, 15) is 4.79 Å². The first kappa shape index (κ1) is 13.8. The van der Waals surface area contributed by atoms with E-state index in [2.05, 4.69) is 7.05 Å². The predicted molar refractivity (Wildman–Crippen MR) is 64.0 cm³/mol. The highest BCUT2D eigenvalue weighted by Gasteiger charge is 2.49. The molecule has 3 fully saturated rings. The molecule has 2 bridgehead atoms. The molecule has 3 atom stereocenters. The van der Waals surface area contributed by atoms with Crippen molar-refractivity contribution in [2.24, 2.45) is 11.8 Å². The van der Waals surface area contributed by atoms with Gasteiger partial charge in [-0.2, -0.15) is 0 Å². The standard InChI is InChI=1S/C14H24NO.HI/c1-15(9-2-3-10-15)13-8-7-11-5-4-6-12(13)14(11)16;/h11-13H,2-10H2,1H3;1H/q+1;/p-1. The Morgan fingerprint density at radius 2 is 1.71 bits per heavy atom. The minimum atomic E-state index is 0. The van der Waals surface area contributed by atoms with E-state index in [1.54, 1.807) is 0 Å². The highest BCUT2D eigenvalue weighted by Crippen LogP contribution is 2.42. The minimum absolute atomic E-state index is 0. The lowest BCUT2D eigenvalue weighted by molar-refractivity contribution is -0.926. The molecule has 2 nitrogen and oxygen atoms in total. The van der Waals surface area contributed by atoms with Crippen molar-refractivity contribution in [3.8, 4) is 0 Å². The summed E-state index contributed by atoms with van der Waals surface area (Å²) in [6, 6.07) is 0.673. The van der Waals surface area contributed by atoms with Gasteiger partial charge in [-0.1, -0.05) is 6.42 Å². The smallest absolute Gasteiger partial charge is 0.144 e.